The summed E-state index contributed by atoms with van der Waals surface area (Å²) in [4.78, 5) is 15.8. The Labute approximate surface area is 112 Å². The zero-order chi connectivity index (χ0) is 13.9. The molecule has 2 rings (SSSR count). The molecular weight excluding hydrogens is 245 g/mol. The van der Waals surface area contributed by atoms with Gasteiger partial charge in [0.1, 0.15) is 0 Å². The summed E-state index contributed by atoms with van der Waals surface area (Å²) in [7, 11) is 0. The molecule has 4 nitrogen and oxygen atoms in total. The van der Waals surface area contributed by atoms with E-state index < -0.39 is 11.7 Å². The zero-order valence-corrected chi connectivity index (χ0v) is 11.2. The topological polar surface area (TPSA) is 68.0 Å². The third kappa shape index (κ3) is 3.10. The number of nitrogens with two attached hydrogens (primary N) is 1. The Balaban J connectivity index is 2.11. The first kappa shape index (κ1) is 13.9. The normalized spacial score (nSPS) is 27.0. The quantitative estimate of drug-likeness (QED) is 0.876. The van der Waals surface area contributed by atoms with E-state index in [1.165, 1.54) is 12.3 Å². The fourth-order valence-electron chi connectivity index (χ4n) is 2.56. The van der Waals surface area contributed by atoms with Crippen molar-refractivity contribution in [3.63, 3.8) is 0 Å². The van der Waals surface area contributed by atoms with Gasteiger partial charge in [0.05, 0.1) is 17.3 Å². The Morgan fingerprint density at radius 2 is 2.26 bits per heavy atom. The third-order valence-corrected chi connectivity index (χ3v) is 4.02. The van der Waals surface area contributed by atoms with Gasteiger partial charge in [-0.1, -0.05) is 6.92 Å². The summed E-state index contributed by atoms with van der Waals surface area (Å²) in [5.41, 5.74) is 5.47. The van der Waals surface area contributed by atoms with Crippen molar-refractivity contribution >= 4 is 5.91 Å². The van der Waals surface area contributed by atoms with Crippen molar-refractivity contribution in [3.05, 3.63) is 29.8 Å². The average molecular weight is 265 g/mol. The molecule has 0 unspecified atom stereocenters. The van der Waals surface area contributed by atoms with Crippen LogP contribution in [0.3, 0.4) is 0 Å². The maximum absolute atomic E-state index is 13.5. The summed E-state index contributed by atoms with van der Waals surface area (Å²) in [5.74, 6) is -0.342. The third-order valence-electron chi connectivity index (χ3n) is 4.02. The molecule has 1 aromatic heterocycles. The minimum absolute atomic E-state index is 0.0291. The molecule has 0 radical (unpaired) electrons. The van der Waals surface area contributed by atoms with E-state index in [0.29, 0.717) is 12.5 Å². The molecule has 3 N–H and O–H groups in total. The first-order valence-corrected chi connectivity index (χ1v) is 6.68. The summed E-state index contributed by atoms with van der Waals surface area (Å²) < 4.78 is 13.5. The maximum atomic E-state index is 13.5. The molecule has 0 saturated heterocycles. The molecule has 104 valence electrons. The molecule has 1 amide bonds. The molecule has 0 aliphatic heterocycles. The number of amides is 1. The molecule has 1 heterocycles. The van der Waals surface area contributed by atoms with E-state index in [9.17, 15) is 9.18 Å². The molecule has 1 aliphatic rings. The van der Waals surface area contributed by atoms with Crippen molar-refractivity contribution in [2.75, 3.05) is 6.54 Å². The zero-order valence-electron chi connectivity index (χ0n) is 11.2. The number of carbonyl (C=O) groups is 1. The fourth-order valence-corrected chi connectivity index (χ4v) is 2.56. The van der Waals surface area contributed by atoms with Crippen LogP contribution in [0.25, 0.3) is 0 Å². The first-order valence-electron chi connectivity index (χ1n) is 6.68. The van der Waals surface area contributed by atoms with E-state index >= 15 is 0 Å². The number of hydrogen-bond acceptors (Lipinski definition) is 3. The van der Waals surface area contributed by atoms with Gasteiger partial charge < -0.3 is 11.1 Å². The van der Waals surface area contributed by atoms with E-state index in [-0.39, 0.29) is 11.1 Å². The number of pyridine rings is 1. The Bertz CT molecular complexity index is 456. The van der Waals surface area contributed by atoms with Gasteiger partial charge in [-0.05, 0) is 37.7 Å². The molecular formula is C14H20FN3O. The predicted molar refractivity (Wildman–Crippen MR) is 71.1 cm³/mol. The van der Waals surface area contributed by atoms with E-state index in [1.807, 2.05) is 0 Å². The van der Waals surface area contributed by atoms with Crippen LogP contribution in [-0.4, -0.2) is 23.0 Å². The minimum atomic E-state index is -0.601. The molecule has 1 fully saturated rings. The summed E-state index contributed by atoms with van der Waals surface area (Å²) in [6.07, 6.45) is 6.24. The van der Waals surface area contributed by atoms with Crippen molar-refractivity contribution < 1.29 is 9.18 Å². The van der Waals surface area contributed by atoms with Crippen LogP contribution in [0.4, 0.5) is 4.39 Å². The Hall–Kier alpha value is -1.49. The largest absolute Gasteiger partial charge is 0.345 e. The Morgan fingerprint density at radius 1 is 1.58 bits per heavy atom. The number of carbonyl (C=O) groups excluding carboxylic acids is 1. The lowest BCUT2D eigenvalue weighted by molar-refractivity contribution is 0.0855. The van der Waals surface area contributed by atoms with Gasteiger partial charge >= 0.3 is 0 Å². The number of nitrogens with zero attached hydrogens (tertiary/aromatic N) is 1. The van der Waals surface area contributed by atoms with Crippen LogP contribution in [0.5, 0.6) is 0 Å². The highest BCUT2D eigenvalue weighted by atomic mass is 19.1. The van der Waals surface area contributed by atoms with E-state index in [0.717, 1.165) is 31.9 Å². The highest BCUT2D eigenvalue weighted by Crippen LogP contribution is 2.31. The van der Waals surface area contributed by atoms with Gasteiger partial charge in [0.25, 0.3) is 5.91 Å². The molecule has 1 saturated carbocycles. The van der Waals surface area contributed by atoms with Crippen LogP contribution in [0.15, 0.2) is 18.5 Å². The number of hydrogen-bond donors (Lipinski definition) is 2. The molecule has 0 spiro atoms. The highest BCUT2D eigenvalue weighted by Gasteiger charge is 2.34. The lowest BCUT2D eigenvalue weighted by atomic mass is 9.77. The maximum Gasteiger partial charge on any atom is 0.254 e. The van der Waals surface area contributed by atoms with Gasteiger partial charge in [-0.25, -0.2) is 4.39 Å². The number of rotatable bonds is 3. The number of nitrogens with one attached hydrogen (secondary N) is 1. The van der Waals surface area contributed by atoms with Crippen molar-refractivity contribution in [3.8, 4) is 0 Å². The minimum Gasteiger partial charge on any atom is -0.345 e. The van der Waals surface area contributed by atoms with Crippen molar-refractivity contribution in [2.45, 2.75) is 38.1 Å². The summed E-state index contributed by atoms with van der Waals surface area (Å²) in [6.45, 7) is 2.59. The molecule has 0 bridgehead atoms. The standard InChI is InChI=1S/C14H20FN3O/c1-10-2-5-14(9-16,6-3-10)18-13(19)11-4-7-17-8-12(11)15/h4,7-8,10H,2-3,5-6,9,16H2,1H3,(H,18,19). The SMILES string of the molecule is CC1CCC(CN)(NC(=O)c2ccncc2F)CC1. The summed E-state index contributed by atoms with van der Waals surface area (Å²) >= 11 is 0. The lowest BCUT2D eigenvalue weighted by Crippen LogP contribution is -2.55. The van der Waals surface area contributed by atoms with Crippen LogP contribution in [0.2, 0.25) is 0 Å². The van der Waals surface area contributed by atoms with Gasteiger partial charge in [-0.3, -0.25) is 9.78 Å². The van der Waals surface area contributed by atoms with Crippen LogP contribution in [0.1, 0.15) is 43.0 Å². The summed E-state index contributed by atoms with van der Waals surface area (Å²) in [6, 6.07) is 1.39. The lowest BCUT2D eigenvalue weighted by Gasteiger charge is -2.39. The monoisotopic (exact) mass is 265 g/mol. The number of halogens is 1. The van der Waals surface area contributed by atoms with E-state index in [1.54, 1.807) is 0 Å². The smallest absolute Gasteiger partial charge is 0.254 e. The second-order valence-corrected chi connectivity index (χ2v) is 5.48. The highest BCUT2D eigenvalue weighted by molar-refractivity contribution is 5.94. The van der Waals surface area contributed by atoms with Gasteiger partial charge in [-0.15, -0.1) is 0 Å². The van der Waals surface area contributed by atoms with Gasteiger partial charge in [0.15, 0.2) is 5.82 Å². The van der Waals surface area contributed by atoms with Crippen LogP contribution in [0, 0.1) is 11.7 Å². The van der Waals surface area contributed by atoms with Gasteiger partial charge in [-0.2, -0.15) is 0 Å². The van der Waals surface area contributed by atoms with E-state index in [4.69, 9.17) is 5.73 Å². The second kappa shape index (κ2) is 5.65. The predicted octanol–water partition coefficient (Wildman–Crippen LogP) is 1.86. The number of aromatic nitrogens is 1. The van der Waals surface area contributed by atoms with Gasteiger partial charge in [0.2, 0.25) is 0 Å². The van der Waals surface area contributed by atoms with Crippen LogP contribution < -0.4 is 11.1 Å². The van der Waals surface area contributed by atoms with Crippen molar-refractivity contribution in [1.82, 2.24) is 10.3 Å². The Morgan fingerprint density at radius 3 is 2.84 bits per heavy atom. The van der Waals surface area contributed by atoms with Crippen LogP contribution in [-0.2, 0) is 0 Å². The molecule has 1 aromatic rings. The second-order valence-electron chi connectivity index (χ2n) is 5.48. The van der Waals surface area contributed by atoms with Crippen molar-refractivity contribution in [1.29, 1.82) is 0 Å². The fraction of sp³-hybridized carbons (Fsp3) is 0.571. The molecule has 0 aromatic carbocycles. The van der Waals surface area contributed by atoms with E-state index in [2.05, 4.69) is 17.2 Å². The Kier molecular flexibility index (Phi) is 4.14. The molecule has 19 heavy (non-hydrogen) atoms. The van der Waals surface area contributed by atoms with Crippen molar-refractivity contribution in [2.24, 2.45) is 11.7 Å². The summed E-state index contributed by atoms with van der Waals surface area (Å²) in [5, 5.41) is 2.93. The average Bonchev–Trinajstić information content (AvgIpc) is 2.42. The van der Waals surface area contributed by atoms with Gasteiger partial charge in [0, 0.05) is 12.7 Å². The first-order chi connectivity index (χ1) is 9.06. The molecule has 5 heteroatoms. The molecule has 0 atom stereocenters. The molecule has 1 aliphatic carbocycles. The van der Waals surface area contributed by atoms with Crippen LogP contribution >= 0.6 is 0 Å².